The highest BCUT2D eigenvalue weighted by Crippen LogP contribution is 2.32. The van der Waals surface area contributed by atoms with Gasteiger partial charge in [-0.15, -0.1) is 0 Å². The highest BCUT2D eigenvalue weighted by Gasteiger charge is 2.30. The first kappa shape index (κ1) is 12.8. The first-order chi connectivity index (χ1) is 8.00. The Balaban J connectivity index is 2.05. The molecule has 1 aromatic heterocycles. The van der Waals surface area contributed by atoms with Gasteiger partial charge in [-0.25, -0.2) is 18.1 Å². The van der Waals surface area contributed by atoms with Gasteiger partial charge in [0.1, 0.15) is 10.0 Å². The third-order valence-electron chi connectivity index (χ3n) is 2.66. The lowest BCUT2D eigenvalue weighted by Crippen LogP contribution is -2.33. The second-order valence-electron chi connectivity index (χ2n) is 4.05. The second-order valence-corrected chi connectivity index (χ2v) is 6.14. The predicted octanol–water partition coefficient (Wildman–Crippen LogP) is 0.784. The van der Waals surface area contributed by atoms with E-state index in [-0.39, 0.29) is 22.5 Å². The van der Waals surface area contributed by atoms with Gasteiger partial charge in [-0.05, 0) is 30.9 Å². The van der Waals surface area contributed by atoms with E-state index in [9.17, 15) is 13.5 Å². The molecule has 0 aliphatic heterocycles. The minimum absolute atomic E-state index is 0.0121. The summed E-state index contributed by atoms with van der Waals surface area (Å²) in [5, 5.41) is 9.52. The first-order valence-corrected chi connectivity index (χ1v) is 7.15. The van der Waals surface area contributed by atoms with Crippen molar-refractivity contribution in [3.63, 3.8) is 0 Å². The summed E-state index contributed by atoms with van der Waals surface area (Å²) in [5.41, 5.74) is 0. The van der Waals surface area contributed by atoms with E-state index in [1.54, 1.807) is 0 Å². The van der Waals surface area contributed by atoms with E-state index in [1.165, 1.54) is 18.3 Å². The van der Waals surface area contributed by atoms with E-state index in [1.807, 2.05) is 0 Å². The maximum Gasteiger partial charge on any atom is 0.243 e. The van der Waals surface area contributed by atoms with E-state index in [0.717, 1.165) is 12.8 Å². The Morgan fingerprint density at radius 3 is 2.88 bits per heavy atom. The Kier molecular flexibility index (Phi) is 3.67. The summed E-state index contributed by atoms with van der Waals surface area (Å²) in [6.07, 6.45) is 2.70. The van der Waals surface area contributed by atoms with Crippen molar-refractivity contribution < 1.29 is 13.5 Å². The summed E-state index contributed by atoms with van der Waals surface area (Å²) in [7, 11) is -3.70. The molecule has 1 fully saturated rings. The van der Waals surface area contributed by atoms with Crippen molar-refractivity contribution in [2.24, 2.45) is 5.92 Å². The maximum atomic E-state index is 11.9. The van der Waals surface area contributed by atoms with Crippen molar-refractivity contribution in [3.8, 4) is 0 Å². The molecule has 2 rings (SSSR count). The van der Waals surface area contributed by atoms with Crippen molar-refractivity contribution in [1.82, 2.24) is 9.71 Å². The number of hydrogen-bond acceptors (Lipinski definition) is 4. The first-order valence-electron chi connectivity index (χ1n) is 5.29. The maximum absolute atomic E-state index is 11.9. The van der Waals surface area contributed by atoms with Crippen LogP contribution in [0.3, 0.4) is 0 Å². The van der Waals surface area contributed by atoms with Gasteiger partial charge in [-0.2, -0.15) is 0 Å². The second kappa shape index (κ2) is 4.89. The van der Waals surface area contributed by atoms with Gasteiger partial charge >= 0.3 is 0 Å². The summed E-state index contributed by atoms with van der Waals surface area (Å²) >= 11 is 5.71. The van der Waals surface area contributed by atoms with Crippen LogP contribution in [0.1, 0.15) is 12.8 Å². The lowest BCUT2D eigenvalue weighted by molar-refractivity contribution is 0.155. The molecule has 1 saturated carbocycles. The summed E-state index contributed by atoms with van der Waals surface area (Å²) in [5.74, 6) is 0.224. The van der Waals surface area contributed by atoms with Crippen LogP contribution in [0.4, 0.5) is 0 Å². The highest BCUT2D eigenvalue weighted by molar-refractivity contribution is 7.89. The van der Waals surface area contributed by atoms with Gasteiger partial charge in [0.15, 0.2) is 0 Å². The number of pyridine rings is 1. The summed E-state index contributed by atoms with van der Waals surface area (Å²) in [4.78, 5) is 3.64. The number of aliphatic hydroxyl groups is 1. The Morgan fingerprint density at radius 2 is 2.29 bits per heavy atom. The Morgan fingerprint density at radius 1 is 1.59 bits per heavy atom. The van der Waals surface area contributed by atoms with Gasteiger partial charge in [0.25, 0.3) is 0 Å². The van der Waals surface area contributed by atoms with E-state index in [4.69, 9.17) is 11.6 Å². The molecule has 5 nitrogen and oxygen atoms in total. The highest BCUT2D eigenvalue weighted by atomic mass is 35.5. The molecule has 0 bridgehead atoms. The molecular formula is C10H13ClN2O3S. The standard InChI is InChI=1S/C10H13ClN2O3S/c11-10-9(2-1-5-12-10)17(15,16)13-6-8(14)7-3-4-7/h1-2,5,7-8,13-14H,3-4,6H2. The van der Waals surface area contributed by atoms with Crippen molar-refractivity contribution >= 4 is 21.6 Å². The lowest BCUT2D eigenvalue weighted by Gasteiger charge is -2.11. The molecule has 17 heavy (non-hydrogen) atoms. The van der Waals surface area contributed by atoms with Crippen LogP contribution in [0.25, 0.3) is 0 Å². The zero-order valence-electron chi connectivity index (χ0n) is 9.01. The fraction of sp³-hybridized carbons (Fsp3) is 0.500. The predicted molar refractivity (Wildman–Crippen MR) is 63.2 cm³/mol. The van der Waals surface area contributed by atoms with Crippen molar-refractivity contribution in [1.29, 1.82) is 0 Å². The Hall–Kier alpha value is -0.690. The zero-order valence-corrected chi connectivity index (χ0v) is 10.6. The normalized spacial score (nSPS) is 18.0. The summed E-state index contributed by atoms with van der Waals surface area (Å²) < 4.78 is 26.0. The zero-order chi connectivity index (χ0) is 12.5. The molecule has 0 aromatic carbocycles. The third kappa shape index (κ3) is 3.16. The van der Waals surface area contributed by atoms with Gasteiger partial charge in [0.05, 0.1) is 6.10 Å². The molecular weight excluding hydrogens is 264 g/mol. The molecule has 1 unspecified atom stereocenters. The summed E-state index contributed by atoms with van der Waals surface area (Å²) in [6.45, 7) is 0.0121. The number of halogens is 1. The molecule has 0 saturated heterocycles. The van der Waals surface area contributed by atoms with Crippen LogP contribution in [-0.4, -0.2) is 31.2 Å². The molecule has 94 valence electrons. The third-order valence-corrected chi connectivity index (χ3v) is 4.53. The Bertz CT molecular complexity index is 502. The molecule has 0 spiro atoms. The number of nitrogens with one attached hydrogen (secondary N) is 1. The number of rotatable bonds is 5. The van der Waals surface area contributed by atoms with Crippen LogP contribution >= 0.6 is 11.6 Å². The number of aliphatic hydroxyl groups excluding tert-OH is 1. The van der Waals surface area contributed by atoms with E-state index in [2.05, 4.69) is 9.71 Å². The van der Waals surface area contributed by atoms with Crippen LogP contribution in [0.15, 0.2) is 23.2 Å². The topological polar surface area (TPSA) is 79.3 Å². The van der Waals surface area contributed by atoms with Crippen LogP contribution in [0, 0.1) is 5.92 Å². The lowest BCUT2D eigenvalue weighted by atomic mass is 10.2. The quantitative estimate of drug-likeness (QED) is 0.779. The van der Waals surface area contributed by atoms with Gasteiger partial charge in [0, 0.05) is 12.7 Å². The monoisotopic (exact) mass is 276 g/mol. The van der Waals surface area contributed by atoms with Crippen LogP contribution in [0.2, 0.25) is 5.15 Å². The minimum atomic E-state index is -3.70. The fourth-order valence-electron chi connectivity index (χ4n) is 1.49. The molecule has 1 aromatic rings. The smallest absolute Gasteiger partial charge is 0.243 e. The van der Waals surface area contributed by atoms with Gasteiger partial charge in [-0.3, -0.25) is 0 Å². The molecule has 2 N–H and O–H groups in total. The molecule has 7 heteroatoms. The SMILES string of the molecule is O=S(=O)(NCC(O)C1CC1)c1cccnc1Cl. The number of sulfonamides is 1. The molecule has 1 heterocycles. The van der Waals surface area contributed by atoms with E-state index in [0.29, 0.717) is 0 Å². The minimum Gasteiger partial charge on any atom is -0.391 e. The van der Waals surface area contributed by atoms with E-state index >= 15 is 0 Å². The number of aromatic nitrogens is 1. The molecule has 0 radical (unpaired) electrons. The fourth-order valence-corrected chi connectivity index (χ4v) is 2.99. The molecule has 1 aliphatic rings. The molecule has 0 amide bonds. The van der Waals surface area contributed by atoms with Gasteiger partial charge < -0.3 is 5.11 Å². The van der Waals surface area contributed by atoms with Crippen molar-refractivity contribution in [2.75, 3.05) is 6.54 Å². The largest absolute Gasteiger partial charge is 0.391 e. The average Bonchev–Trinajstić information content (AvgIpc) is 3.10. The van der Waals surface area contributed by atoms with Crippen molar-refractivity contribution in [3.05, 3.63) is 23.5 Å². The van der Waals surface area contributed by atoms with Crippen molar-refractivity contribution in [2.45, 2.75) is 23.8 Å². The Labute approximate surface area is 105 Å². The summed E-state index contributed by atoms with van der Waals surface area (Å²) in [6, 6.07) is 2.87. The van der Waals surface area contributed by atoms with Gasteiger partial charge in [0.2, 0.25) is 10.0 Å². The van der Waals surface area contributed by atoms with Crippen LogP contribution in [0.5, 0.6) is 0 Å². The van der Waals surface area contributed by atoms with Gasteiger partial charge in [-0.1, -0.05) is 11.6 Å². The van der Waals surface area contributed by atoms with Crippen LogP contribution < -0.4 is 4.72 Å². The number of hydrogen-bond donors (Lipinski definition) is 2. The van der Waals surface area contributed by atoms with E-state index < -0.39 is 16.1 Å². The number of nitrogens with zero attached hydrogens (tertiary/aromatic N) is 1. The molecule has 1 aliphatic carbocycles. The molecule has 1 atom stereocenters. The van der Waals surface area contributed by atoms with Crippen LogP contribution in [-0.2, 0) is 10.0 Å². The average molecular weight is 277 g/mol.